The molecule has 2 rings (SSSR count). The van der Waals surface area contributed by atoms with E-state index in [1.54, 1.807) is 24.3 Å². The summed E-state index contributed by atoms with van der Waals surface area (Å²) < 4.78 is 11.5. The first-order valence-corrected chi connectivity index (χ1v) is 8.19. The standard InChI is InChI=1S/C17H17IN2O4/c1-11-6-7-14(15(8-11)23-2)24-10-16(21)19-20-17(22)12-4-3-5-13(18)9-12/h3-9H,10H2,1-2H3,(H,19,21)(H,20,22). The van der Waals surface area contributed by atoms with Gasteiger partial charge in [-0.3, -0.25) is 20.4 Å². The predicted molar refractivity (Wildman–Crippen MR) is 98.0 cm³/mol. The van der Waals surface area contributed by atoms with Gasteiger partial charge in [-0.25, -0.2) is 0 Å². The van der Waals surface area contributed by atoms with Gasteiger partial charge in [-0.15, -0.1) is 0 Å². The van der Waals surface area contributed by atoms with E-state index in [2.05, 4.69) is 33.4 Å². The molecule has 24 heavy (non-hydrogen) atoms. The number of aryl methyl sites for hydroxylation is 1. The van der Waals surface area contributed by atoms with Crippen molar-refractivity contribution in [3.63, 3.8) is 0 Å². The van der Waals surface area contributed by atoms with Crippen LogP contribution in [0.1, 0.15) is 15.9 Å². The van der Waals surface area contributed by atoms with Crippen molar-refractivity contribution in [2.75, 3.05) is 13.7 Å². The number of benzene rings is 2. The highest BCUT2D eigenvalue weighted by molar-refractivity contribution is 14.1. The third-order valence-corrected chi connectivity index (χ3v) is 3.75. The van der Waals surface area contributed by atoms with E-state index in [1.165, 1.54) is 7.11 Å². The highest BCUT2D eigenvalue weighted by Gasteiger charge is 2.10. The highest BCUT2D eigenvalue weighted by Crippen LogP contribution is 2.27. The first kappa shape index (κ1) is 18.1. The lowest BCUT2D eigenvalue weighted by molar-refractivity contribution is -0.123. The molecule has 0 fully saturated rings. The molecule has 0 bridgehead atoms. The molecule has 7 heteroatoms. The van der Waals surface area contributed by atoms with Crippen molar-refractivity contribution in [3.05, 3.63) is 57.2 Å². The number of carbonyl (C=O) groups is 2. The molecular formula is C17H17IN2O4. The van der Waals surface area contributed by atoms with E-state index >= 15 is 0 Å². The summed E-state index contributed by atoms with van der Waals surface area (Å²) in [4.78, 5) is 23.7. The van der Waals surface area contributed by atoms with Crippen LogP contribution in [0.15, 0.2) is 42.5 Å². The van der Waals surface area contributed by atoms with Crippen molar-refractivity contribution < 1.29 is 19.1 Å². The Morgan fingerprint density at radius 2 is 1.88 bits per heavy atom. The normalized spacial score (nSPS) is 9.96. The number of rotatable bonds is 5. The van der Waals surface area contributed by atoms with Gasteiger partial charge in [-0.2, -0.15) is 0 Å². The van der Waals surface area contributed by atoms with Crippen LogP contribution in [0.4, 0.5) is 0 Å². The SMILES string of the molecule is COc1cc(C)ccc1OCC(=O)NNC(=O)c1cccc(I)c1. The maximum Gasteiger partial charge on any atom is 0.276 e. The molecule has 0 atom stereocenters. The molecule has 2 aromatic rings. The minimum Gasteiger partial charge on any atom is -0.493 e. The van der Waals surface area contributed by atoms with E-state index in [1.807, 2.05) is 25.1 Å². The van der Waals surface area contributed by atoms with Crippen molar-refractivity contribution in [3.8, 4) is 11.5 Å². The molecule has 0 aliphatic heterocycles. The van der Waals surface area contributed by atoms with E-state index in [4.69, 9.17) is 9.47 Å². The molecule has 0 spiro atoms. The summed E-state index contributed by atoms with van der Waals surface area (Å²) in [6.45, 7) is 1.69. The summed E-state index contributed by atoms with van der Waals surface area (Å²) in [7, 11) is 1.53. The number of carbonyl (C=O) groups excluding carboxylic acids is 2. The molecule has 0 radical (unpaired) electrons. The summed E-state index contributed by atoms with van der Waals surface area (Å²) in [6, 6.07) is 12.4. The van der Waals surface area contributed by atoms with Crippen LogP contribution in [0.25, 0.3) is 0 Å². The van der Waals surface area contributed by atoms with Gasteiger partial charge >= 0.3 is 0 Å². The van der Waals surface area contributed by atoms with Crippen molar-refractivity contribution >= 4 is 34.4 Å². The summed E-state index contributed by atoms with van der Waals surface area (Å²) in [5.74, 6) is 0.138. The quantitative estimate of drug-likeness (QED) is 0.554. The second kappa shape index (κ2) is 8.53. The lowest BCUT2D eigenvalue weighted by Gasteiger charge is -2.12. The van der Waals surface area contributed by atoms with Crippen LogP contribution < -0.4 is 20.3 Å². The van der Waals surface area contributed by atoms with Gasteiger partial charge in [0.25, 0.3) is 11.8 Å². The number of amides is 2. The molecule has 0 saturated carbocycles. The molecular weight excluding hydrogens is 423 g/mol. The summed E-state index contributed by atoms with van der Waals surface area (Å²) >= 11 is 2.11. The zero-order chi connectivity index (χ0) is 17.5. The van der Waals surface area contributed by atoms with Crippen LogP contribution >= 0.6 is 22.6 Å². The van der Waals surface area contributed by atoms with E-state index in [0.717, 1.165) is 9.13 Å². The first-order valence-electron chi connectivity index (χ1n) is 7.12. The second-order valence-corrected chi connectivity index (χ2v) is 6.20. The summed E-state index contributed by atoms with van der Waals surface area (Å²) in [5.41, 5.74) is 6.14. The molecule has 126 valence electrons. The lowest BCUT2D eigenvalue weighted by atomic mass is 10.2. The van der Waals surface area contributed by atoms with Gasteiger partial charge in [0, 0.05) is 9.13 Å². The van der Waals surface area contributed by atoms with Gasteiger partial charge in [-0.1, -0.05) is 12.1 Å². The number of ether oxygens (including phenoxy) is 2. The minimum atomic E-state index is -0.475. The zero-order valence-corrected chi connectivity index (χ0v) is 15.4. The highest BCUT2D eigenvalue weighted by atomic mass is 127. The smallest absolute Gasteiger partial charge is 0.276 e. The fourth-order valence-corrected chi connectivity index (χ4v) is 2.44. The van der Waals surface area contributed by atoms with Gasteiger partial charge in [0.2, 0.25) is 0 Å². The van der Waals surface area contributed by atoms with E-state index in [-0.39, 0.29) is 6.61 Å². The Bertz CT molecular complexity index is 749. The van der Waals surface area contributed by atoms with Gasteiger partial charge in [-0.05, 0) is 65.4 Å². The Morgan fingerprint density at radius 3 is 2.58 bits per heavy atom. The molecule has 0 unspecified atom stereocenters. The number of hydrogen-bond acceptors (Lipinski definition) is 4. The Labute approximate surface area is 153 Å². The van der Waals surface area contributed by atoms with Crippen LogP contribution in [-0.4, -0.2) is 25.5 Å². The monoisotopic (exact) mass is 440 g/mol. The lowest BCUT2D eigenvalue weighted by Crippen LogP contribution is -2.43. The fraction of sp³-hybridized carbons (Fsp3) is 0.176. The minimum absolute atomic E-state index is 0.244. The van der Waals surface area contributed by atoms with Gasteiger partial charge in [0.05, 0.1) is 7.11 Å². The topological polar surface area (TPSA) is 76.7 Å². The first-order chi connectivity index (χ1) is 11.5. The predicted octanol–water partition coefficient (Wildman–Crippen LogP) is 2.45. The van der Waals surface area contributed by atoms with E-state index in [9.17, 15) is 9.59 Å². The number of methoxy groups -OCH3 is 1. The van der Waals surface area contributed by atoms with Gasteiger partial charge < -0.3 is 9.47 Å². The van der Waals surface area contributed by atoms with Crippen LogP contribution in [-0.2, 0) is 4.79 Å². The third kappa shape index (κ3) is 5.12. The van der Waals surface area contributed by atoms with Crippen LogP contribution in [0.5, 0.6) is 11.5 Å². The Hall–Kier alpha value is -2.29. The molecule has 2 aromatic carbocycles. The van der Waals surface area contributed by atoms with Crippen molar-refractivity contribution in [2.45, 2.75) is 6.92 Å². The summed E-state index contributed by atoms with van der Waals surface area (Å²) in [5, 5.41) is 0. The van der Waals surface area contributed by atoms with Crippen LogP contribution in [0.3, 0.4) is 0 Å². The van der Waals surface area contributed by atoms with E-state index in [0.29, 0.717) is 17.1 Å². The number of halogens is 1. The van der Waals surface area contributed by atoms with Crippen molar-refractivity contribution in [1.82, 2.24) is 10.9 Å². The molecule has 0 aliphatic rings. The van der Waals surface area contributed by atoms with Crippen LogP contribution in [0, 0.1) is 10.5 Å². The van der Waals surface area contributed by atoms with Gasteiger partial charge in [0.15, 0.2) is 18.1 Å². The van der Waals surface area contributed by atoms with Crippen molar-refractivity contribution in [1.29, 1.82) is 0 Å². The van der Waals surface area contributed by atoms with E-state index < -0.39 is 11.8 Å². The molecule has 0 aliphatic carbocycles. The fourth-order valence-electron chi connectivity index (χ4n) is 1.90. The average molecular weight is 440 g/mol. The Morgan fingerprint density at radius 1 is 1.08 bits per heavy atom. The Kier molecular flexibility index (Phi) is 6.42. The van der Waals surface area contributed by atoms with Crippen molar-refractivity contribution in [2.24, 2.45) is 0 Å². The molecule has 6 nitrogen and oxygen atoms in total. The maximum absolute atomic E-state index is 11.9. The van der Waals surface area contributed by atoms with Gasteiger partial charge in [0.1, 0.15) is 0 Å². The second-order valence-electron chi connectivity index (χ2n) is 4.96. The maximum atomic E-state index is 11.9. The third-order valence-electron chi connectivity index (χ3n) is 3.08. The number of nitrogens with one attached hydrogen (secondary N) is 2. The van der Waals surface area contributed by atoms with Crippen LogP contribution in [0.2, 0.25) is 0 Å². The average Bonchev–Trinajstić information content (AvgIpc) is 2.58. The molecule has 0 aromatic heterocycles. The number of hydrazine groups is 1. The molecule has 0 saturated heterocycles. The Balaban J connectivity index is 1.85. The zero-order valence-electron chi connectivity index (χ0n) is 13.3. The summed E-state index contributed by atoms with van der Waals surface area (Å²) in [6.07, 6.45) is 0. The molecule has 0 heterocycles. The molecule has 2 N–H and O–H groups in total. The largest absolute Gasteiger partial charge is 0.493 e. The molecule has 2 amide bonds. The number of hydrogen-bond donors (Lipinski definition) is 2.